The Kier molecular flexibility index (Phi) is 9.93. The molecule has 0 saturated carbocycles. The van der Waals surface area contributed by atoms with Crippen LogP contribution in [0.15, 0.2) is 0 Å². The second-order valence-electron chi connectivity index (χ2n) is 4.09. The molecule has 0 radical (unpaired) electrons. The molecule has 19 heavy (non-hydrogen) atoms. The van der Waals surface area contributed by atoms with E-state index in [4.69, 9.17) is 21.2 Å². The van der Waals surface area contributed by atoms with E-state index in [0.29, 0.717) is 25.9 Å². The number of nitriles is 1. The lowest BCUT2D eigenvalue weighted by molar-refractivity contribution is -0.148. The lowest BCUT2D eigenvalue weighted by atomic mass is 10.1. The molecule has 0 aromatic rings. The molecule has 0 aliphatic heterocycles. The van der Waals surface area contributed by atoms with Crippen molar-refractivity contribution in [1.82, 2.24) is 0 Å². The van der Waals surface area contributed by atoms with Gasteiger partial charge in [0.25, 0.3) is 0 Å². The monoisotopic (exact) mass is 265 g/mol. The van der Waals surface area contributed by atoms with Crippen LogP contribution in [0.25, 0.3) is 0 Å². The highest BCUT2D eigenvalue weighted by Crippen LogP contribution is 2.09. The fraction of sp³-hybridized carbons (Fsp3) is 0.643. The summed E-state index contributed by atoms with van der Waals surface area (Å²) in [6.45, 7) is 1.95. The number of hydrogen-bond donors (Lipinski definition) is 0. The predicted molar refractivity (Wildman–Crippen MR) is 68.6 cm³/mol. The third kappa shape index (κ3) is 9.67. The lowest BCUT2D eigenvalue weighted by Crippen LogP contribution is -2.17. The van der Waals surface area contributed by atoms with Crippen molar-refractivity contribution in [2.45, 2.75) is 39.0 Å². The normalized spacial score (nSPS) is 10.9. The van der Waals surface area contributed by atoms with Crippen LogP contribution < -0.4 is 0 Å². The number of rotatable bonds is 9. The summed E-state index contributed by atoms with van der Waals surface area (Å²) in [5.74, 6) is 1.09. The highest BCUT2D eigenvalue weighted by Gasteiger charge is 2.16. The molecule has 0 rings (SSSR count). The summed E-state index contributed by atoms with van der Waals surface area (Å²) in [5.41, 5.74) is 0. The largest absolute Gasteiger partial charge is 0.466 e. The third-order valence-corrected chi connectivity index (χ3v) is 2.43. The Hall–Kier alpha value is -2.01. The first-order valence-corrected chi connectivity index (χ1v) is 6.24. The molecule has 5 heteroatoms. The molecule has 0 amide bonds. The standard InChI is InChI=1S/C14H19NO4/c1-3-10-19-14(17)12(2)7-8-13(16)18-11-6-4-5-9-15/h1,12H,4-8,10-11H2,2H3. The van der Waals surface area contributed by atoms with E-state index in [0.717, 1.165) is 6.42 Å². The molecule has 0 heterocycles. The maximum Gasteiger partial charge on any atom is 0.309 e. The van der Waals surface area contributed by atoms with Crippen LogP contribution in [0, 0.1) is 29.6 Å². The first-order chi connectivity index (χ1) is 9.11. The van der Waals surface area contributed by atoms with E-state index in [9.17, 15) is 9.59 Å². The minimum atomic E-state index is -0.403. The molecule has 0 fully saturated rings. The number of carbonyl (C=O) groups is 2. The number of ether oxygens (including phenoxy) is 2. The van der Waals surface area contributed by atoms with E-state index in [1.165, 1.54) is 0 Å². The fourth-order valence-corrected chi connectivity index (χ4v) is 1.27. The first-order valence-electron chi connectivity index (χ1n) is 6.24. The van der Waals surface area contributed by atoms with Crippen LogP contribution in [-0.4, -0.2) is 25.2 Å². The number of carbonyl (C=O) groups excluding carboxylic acids is 2. The number of terminal acetylenes is 1. The minimum Gasteiger partial charge on any atom is -0.466 e. The summed E-state index contributed by atoms with van der Waals surface area (Å²) in [6.07, 6.45) is 7.38. The van der Waals surface area contributed by atoms with Crippen molar-refractivity contribution in [1.29, 1.82) is 5.26 Å². The van der Waals surface area contributed by atoms with Gasteiger partial charge in [-0.15, -0.1) is 6.42 Å². The third-order valence-electron chi connectivity index (χ3n) is 2.43. The van der Waals surface area contributed by atoms with Crippen LogP contribution in [0.1, 0.15) is 39.0 Å². The van der Waals surface area contributed by atoms with Gasteiger partial charge in [0.2, 0.25) is 0 Å². The van der Waals surface area contributed by atoms with Gasteiger partial charge >= 0.3 is 11.9 Å². The predicted octanol–water partition coefficient (Wildman–Crippen LogP) is 1.82. The Labute approximate surface area is 113 Å². The molecule has 0 spiro atoms. The highest BCUT2D eigenvalue weighted by atomic mass is 16.5. The highest BCUT2D eigenvalue weighted by molar-refractivity contribution is 5.74. The Bertz CT molecular complexity index is 365. The molecular formula is C14H19NO4. The maximum atomic E-state index is 11.3. The summed E-state index contributed by atoms with van der Waals surface area (Å²) in [4.78, 5) is 22.7. The average Bonchev–Trinajstić information content (AvgIpc) is 2.41. The van der Waals surface area contributed by atoms with Crippen molar-refractivity contribution >= 4 is 11.9 Å². The quantitative estimate of drug-likeness (QED) is 0.361. The van der Waals surface area contributed by atoms with E-state index in [1.54, 1.807) is 6.92 Å². The van der Waals surface area contributed by atoms with E-state index in [2.05, 4.69) is 5.92 Å². The van der Waals surface area contributed by atoms with Gasteiger partial charge in [0.1, 0.15) is 0 Å². The zero-order chi connectivity index (χ0) is 14.5. The summed E-state index contributed by atoms with van der Waals surface area (Å²) in [6, 6.07) is 2.02. The van der Waals surface area contributed by atoms with E-state index < -0.39 is 5.97 Å². The van der Waals surface area contributed by atoms with Crippen molar-refractivity contribution in [2.24, 2.45) is 5.92 Å². The van der Waals surface area contributed by atoms with Crippen LogP contribution in [-0.2, 0) is 19.1 Å². The Morgan fingerprint density at radius 3 is 2.68 bits per heavy atom. The zero-order valence-corrected chi connectivity index (χ0v) is 11.2. The van der Waals surface area contributed by atoms with E-state index in [1.807, 2.05) is 6.07 Å². The van der Waals surface area contributed by atoms with E-state index >= 15 is 0 Å². The Balaban J connectivity index is 3.64. The number of esters is 2. The Morgan fingerprint density at radius 1 is 1.32 bits per heavy atom. The molecule has 0 saturated heterocycles. The SMILES string of the molecule is C#CCOC(=O)C(C)CCC(=O)OCCCCC#N. The molecule has 1 unspecified atom stereocenters. The molecule has 1 atom stereocenters. The van der Waals surface area contributed by atoms with Crippen molar-refractivity contribution in [2.75, 3.05) is 13.2 Å². The van der Waals surface area contributed by atoms with Gasteiger partial charge in [-0.1, -0.05) is 12.8 Å². The van der Waals surface area contributed by atoms with Crippen LogP contribution in [0.2, 0.25) is 0 Å². The van der Waals surface area contributed by atoms with Crippen LogP contribution >= 0.6 is 0 Å². The van der Waals surface area contributed by atoms with Gasteiger partial charge < -0.3 is 9.47 Å². The zero-order valence-electron chi connectivity index (χ0n) is 11.2. The van der Waals surface area contributed by atoms with E-state index in [-0.39, 0.29) is 24.9 Å². The number of hydrogen-bond acceptors (Lipinski definition) is 5. The van der Waals surface area contributed by atoms with Gasteiger partial charge in [-0.3, -0.25) is 9.59 Å². The minimum absolute atomic E-state index is 0.0491. The van der Waals surface area contributed by atoms with Crippen LogP contribution in [0.5, 0.6) is 0 Å². The van der Waals surface area contributed by atoms with Gasteiger partial charge in [-0.25, -0.2) is 0 Å². The molecule has 0 aromatic carbocycles. The molecular weight excluding hydrogens is 246 g/mol. The molecule has 0 N–H and O–H groups in total. The fourth-order valence-electron chi connectivity index (χ4n) is 1.27. The van der Waals surface area contributed by atoms with Crippen molar-refractivity contribution in [3.8, 4) is 18.4 Å². The molecule has 0 aliphatic carbocycles. The maximum absolute atomic E-state index is 11.3. The van der Waals surface area contributed by atoms with Crippen molar-refractivity contribution in [3.05, 3.63) is 0 Å². The summed E-state index contributed by atoms with van der Waals surface area (Å²) in [7, 11) is 0. The molecule has 0 aromatic heterocycles. The van der Waals surface area contributed by atoms with Gasteiger partial charge in [-0.05, 0) is 19.3 Å². The average molecular weight is 265 g/mol. The molecule has 0 bridgehead atoms. The topological polar surface area (TPSA) is 76.4 Å². The number of nitrogens with zero attached hydrogens (tertiary/aromatic N) is 1. The summed E-state index contributed by atoms with van der Waals surface area (Å²) < 4.78 is 9.72. The number of unbranched alkanes of at least 4 members (excludes halogenated alkanes) is 2. The second-order valence-corrected chi connectivity index (χ2v) is 4.09. The molecule has 104 valence electrons. The van der Waals surface area contributed by atoms with Crippen molar-refractivity contribution < 1.29 is 19.1 Å². The smallest absolute Gasteiger partial charge is 0.309 e. The summed E-state index contributed by atoms with van der Waals surface area (Å²) >= 11 is 0. The van der Waals surface area contributed by atoms with Crippen LogP contribution in [0.3, 0.4) is 0 Å². The first kappa shape index (κ1) is 17.0. The second kappa shape index (κ2) is 11.1. The van der Waals surface area contributed by atoms with Crippen molar-refractivity contribution in [3.63, 3.8) is 0 Å². The van der Waals surface area contributed by atoms with Gasteiger partial charge in [0.15, 0.2) is 6.61 Å². The lowest BCUT2D eigenvalue weighted by Gasteiger charge is -2.09. The summed E-state index contributed by atoms with van der Waals surface area (Å²) in [5, 5.41) is 8.32. The van der Waals surface area contributed by atoms with Gasteiger partial charge in [0.05, 0.1) is 18.6 Å². The van der Waals surface area contributed by atoms with Crippen LogP contribution in [0.4, 0.5) is 0 Å². The van der Waals surface area contributed by atoms with Gasteiger partial charge in [-0.2, -0.15) is 5.26 Å². The molecule has 0 aliphatic rings. The molecule has 5 nitrogen and oxygen atoms in total. The van der Waals surface area contributed by atoms with Gasteiger partial charge in [0, 0.05) is 12.8 Å². The Morgan fingerprint density at radius 2 is 2.05 bits per heavy atom.